The third-order valence-electron chi connectivity index (χ3n) is 4.70. The number of benzene rings is 2. The van der Waals surface area contributed by atoms with E-state index >= 15 is 0 Å². The van der Waals surface area contributed by atoms with Gasteiger partial charge in [0.25, 0.3) is 15.9 Å². The summed E-state index contributed by atoms with van der Waals surface area (Å²) in [4.78, 5) is 16.7. The highest BCUT2D eigenvalue weighted by molar-refractivity contribution is 7.92. The minimum absolute atomic E-state index is 0.0877. The van der Waals surface area contributed by atoms with E-state index in [2.05, 4.69) is 10.3 Å². The fourth-order valence-electron chi connectivity index (χ4n) is 3.44. The zero-order valence-electron chi connectivity index (χ0n) is 15.2. The van der Waals surface area contributed by atoms with Crippen molar-refractivity contribution in [1.29, 1.82) is 0 Å². The first-order valence-corrected chi connectivity index (χ1v) is 10.4. The third kappa shape index (κ3) is 3.25. The van der Waals surface area contributed by atoms with Crippen LogP contribution in [0.2, 0.25) is 0 Å². The zero-order valence-corrected chi connectivity index (χ0v) is 16.1. The predicted molar refractivity (Wildman–Crippen MR) is 108 cm³/mol. The van der Waals surface area contributed by atoms with Gasteiger partial charge in [0.05, 0.1) is 10.6 Å². The van der Waals surface area contributed by atoms with Crippen LogP contribution in [0.4, 0.5) is 11.5 Å². The van der Waals surface area contributed by atoms with Gasteiger partial charge in [-0.2, -0.15) is 0 Å². The Morgan fingerprint density at radius 2 is 1.86 bits per heavy atom. The van der Waals surface area contributed by atoms with E-state index in [1.807, 2.05) is 31.2 Å². The Balaban J connectivity index is 1.66. The molecule has 1 N–H and O–H groups in total. The van der Waals surface area contributed by atoms with Crippen LogP contribution in [0.25, 0.3) is 0 Å². The maximum Gasteiger partial charge on any atom is 0.264 e. The van der Waals surface area contributed by atoms with Crippen molar-refractivity contribution < 1.29 is 13.2 Å². The molecule has 1 atom stereocenters. The quantitative estimate of drug-likeness (QED) is 0.736. The zero-order chi connectivity index (χ0) is 19.7. The number of sulfonamides is 1. The van der Waals surface area contributed by atoms with Gasteiger partial charge in [-0.15, -0.1) is 0 Å². The van der Waals surface area contributed by atoms with Crippen molar-refractivity contribution in [1.82, 2.24) is 4.98 Å². The molecule has 1 amide bonds. The van der Waals surface area contributed by atoms with Crippen LogP contribution in [-0.2, 0) is 16.4 Å². The van der Waals surface area contributed by atoms with E-state index in [4.69, 9.17) is 0 Å². The summed E-state index contributed by atoms with van der Waals surface area (Å²) < 4.78 is 28.1. The molecule has 2 aromatic carbocycles. The number of pyridine rings is 1. The molecule has 1 aliphatic heterocycles. The number of hydrogen-bond donors (Lipinski definition) is 1. The first-order chi connectivity index (χ1) is 13.5. The van der Waals surface area contributed by atoms with Crippen LogP contribution in [0.3, 0.4) is 0 Å². The second-order valence-electron chi connectivity index (χ2n) is 6.68. The highest BCUT2D eigenvalue weighted by Crippen LogP contribution is 2.36. The lowest BCUT2D eigenvalue weighted by molar-refractivity contribution is 0.102. The molecule has 142 valence electrons. The summed E-state index contributed by atoms with van der Waals surface area (Å²) >= 11 is 0. The molecule has 0 saturated heterocycles. The summed E-state index contributed by atoms with van der Waals surface area (Å²) in [7, 11) is -3.79. The van der Waals surface area contributed by atoms with Crippen molar-refractivity contribution in [2.75, 3.05) is 9.62 Å². The van der Waals surface area contributed by atoms with E-state index in [1.54, 1.807) is 36.5 Å². The summed E-state index contributed by atoms with van der Waals surface area (Å²) in [5, 5.41) is 2.67. The Morgan fingerprint density at radius 1 is 1.07 bits per heavy atom. The maximum absolute atomic E-state index is 13.3. The summed E-state index contributed by atoms with van der Waals surface area (Å²) in [5.74, 6) is -0.00604. The van der Waals surface area contributed by atoms with Crippen LogP contribution in [0, 0.1) is 0 Å². The molecule has 0 unspecified atom stereocenters. The molecule has 3 aromatic rings. The molecule has 28 heavy (non-hydrogen) atoms. The molecular formula is C21H19N3O3S. The molecular weight excluding hydrogens is 374 g/mol. The molecule has 0 aliphatic carbocycles. The van der Waals surface area contributed by atoms with E-state index in [-0.39, 0.29) is 16.5 Å². The Hall–Kier alpha value is -3.19. The van der Waals surface area contributed by atoms with Gasteiger partial charge in [0.1, 0.15) is 5.82 Å². The van der Waals surface area contributed by atoms with Gasteiger partial charge in [0, 0.05) is 17.8 Å². The minimum atomic E-state index is -3.79. The van der Waals surface area contributed by atoms with E-state index in [1.165, 1.54) is 16.4 Å². The maximum atomic E-state index is 13.3. The first kappa shape index (κ1) is 18.2. The number of nitrogens with one attached hydrogen (secondary N) is 1. The largest absolute Gasteiger partial charge is 0.307 e. The lowest BCUT2D eigenvalue weighted by Gasteiger charge is -2.24. The lowest BCUT2D eigenvalue weighted by Crippen LogP contribution is -2.35. The Bertz CT molecular complexity index is 1130. The summed E-state index contributed by atoms with van der Waals surface area (Å²) in [6.07, 6.45) is 2.23. The van der Waals surface area contributed by atoms with Gasteiger partial charge in [-0.25, -0.2) is 13.4 Å². The fourth-order valence-corrected chi connectivity index (χ4v) is 5.18. The Morgan fingerprint density at radius 3 is 2.64 bits per heavy atom. The van der Waals surface area contributed by atoms with E-state index in [0.29, 0.717) is 17.9 Å². The number of fused-ring (bicyclic) bond motifs is 1. The van der Waals surface area contributed by atoms with Crippen molar-refractivity contribution in [3.8, 4) is 0 Å². The van der Waals surface area contributed by atoms with Crippen molar-refractivity contribution in [3.63, 3.8) is 0 Å². The summed E-state index contributed by atoms with van der Waals surface area (Å²) in [5.41, 5.74) is 1.95. The van der Waals surface area contributed by atoms with E-state index < -0.39 is 15.9 Å². The minimum Gasteiger partial charge on any atom is -0.307 e. The Labute approximate surface area is 163 Å². The standard InChI is InChI=1S/C21H19N3O3S/c1-15-13-16-7-2-3-10-19(16)24(15)28(26,27)18-9-6-8-17(14-18)21(25)23-20-11-4-5-12-22-20/h2-12,14-15H,13H2,1H3,(H,22,23,25)/t15-/m0/s1. The Kier molecular flexibility index (Phi) is 4.60. The molecule has 0 saturated carbocycles. The van der Waals surface area contributed by atoms with E-state index in [0.717, 1.165) is 5.56 Å². The fraction of sp³-hybridized carbons (Fsp3) is 0.143. The third-order valence-corrected chi connectivity index (χ3v) is 6.63. The van der Waals surface area contributed by atoms with Crippen molar-refractivity contribution >= 4 is 27.4 Å². The average Bonchev–Trinajstić information content (AvgIpc) is 3.05. The van der Waals surface area contributed by atoms with Crippen LogP contribution in [-0.4, -0.2) is 25.4 Å². The molecule has 0 radical (unpaired) electrons. The second kappa shape index (κ2) is 7.09. The second-order valence-corrected chi connectivity index (χ2v) is 8.49. The average molecular weight is 393 g/mol. The van der Waals surface area contributed by atoms with Crippen LogP contribution in [0.1, 0.15) is 22.8 Å². The number of aromatic nitrogens is 1. The first-order valence-electron chi connectivity index (χ1n) is 8.91. The molecule has 0 bridgehead atoms. The lowest BCUT2D eigenvalue weighted by atomic mass is 10.1. The molecule has 0 spiro atoms. The summed E-state index contributed by atoms with van der Waals surface area (Å²) in [6.45, 7) is 1.88. The number of anilines is 2. The van der Waals surface area contributed by atoms with Gasteiger partial charge in [-0.05, 0) is 55.3 Å². The van der Waals surface area contributed by atoms with Crippen molar-refractivity contribution in [3.05, 3.63) is 84.1 Å². The SMILES string of the molecule is C[C@H]1Cc2ccccc2N1S(=O)(=O)c1cccc(C(=O)Nc2ccccn2)c1. The predicted octanol–water partition coefficient (Wildman–Crippen LogP) is 3.47. The number of carbonyl (C=O) groups is 1. The monoisotopic (exact) mass is 393 g/mol. The van der Waals surface area contributed by atoms with Crippen LogP contribution < -0.4 is 9.62 Å². The van der Waals surface area contributed by atoms with Crippen LogP contribution >= 0.6 is 0 Å². The topological polar surface area (TPSA) is 79.4 Å². The van der Waals surface area contributed by atoms with Crippen molar-refractivity contribution in [2.45, 2.75) is 24.3 Å². The van der Waals surface area contributed by atoms with E-state index in [9.17, 15) is 13.2 Å². The van der Waals surface area contributed by atoms with Crippen LogP contribution in [0.15, 0.2) is 77.8 Å². The number of para-hydroxylation sites is 1. The smallest absolute Gasteiger partial charge is 0.264 e. The number of hydrogen-bond acceptors (Lipinski definition) is 4. The van der Waals surface area contributed by atoms with Crippen LogP contribution in [0.5, 0.6) is 0 Å². The highest BCUT2D eigenvalue weighted by atomic mass is 32.2. The molecule has 1 aromatic heterocycles. The molecule has 1 aliphatic rings. The molecule has 2 heterocycles. The van der Waals surface area contributed by atoms with Gasteiger partial charge in [-0.3, -0.25) is 9.10 Å². The van der Waals surface area contributed by atoms with Gasteiger partial charge in [0.15, 0.2) is 0 Å². The number of amides is 1. The number of carbonyl (C=O) groups excluding carboxylic acids is 1. The number of nitrogens with zero attached hydrogens (tertiary/aromatic N) is 2. The highest BCUT2D eigenvalue weighted by Gasteiger charge is 2.36. The van der Waals surface area contributed by atoms with Crippen molar-refractivity contribution in [2.24, 2.45) is 0 Å². The molecule has 0 fully saturated rings. The molecule has 4 rings (SSSR count). The normalized spacial score (nSPS) is 15.9. The van der Waals surface area contributed by atoms with Gasteiger partial charge in [-0.1, -0.05) is 30.3 Å². The summed E-state index contributed by atoms with van der Waals surface area (Å²) in [6, 6.07) is 18.6. The molecule has 6 nitrogen and oxygen atoms in total. The van der Waals surface area contributed by atoms with Gasteiger partial charge in [0.2, 0.25) is 0 Å². The van der Waals surface area contributed by atoms with Gasteiger partial charge < -0.3 is 5.32 Å². The van der Waals surface area contributed by atoms with Gasteiger partial charge >= 0.3 is 0 Å². The number of rotatable bonds is 4. The molecule has 7 heteroatoms.